The van der Waals surface area contributed by atoms with Gasteiger partial charge in [-0.3, -0.25) is 14.4 Å². The molecule has 1 rings (SSSR count). The van der Waals surface area contributed by atoms with Crippen molar-refractivity contribution in [2.24, 2.45) is 5.92 Å². The van der Waals surface area contributed by atoms with Crippen molar-refractivity contribution < 1.29 is 28.6 Å². The maximum atomic E-state index is 12.3. The standard InChI is InChI=1S/C25H32N2O6/c1-4-20(5-2)31-25(30)18(3)16-19-12-13-21(32-23(28)10-6-8-14-26)22(17-19)33-24(29)11-7-9-15-27/h4-5,12-15,17-18,20,26-27H,1-2,6-11,16H2,3H3/t18-/m0/s1. The van der Waals surface area contributed by atoms with Gasteiger partial charge in [-0.15, -0.1) is 0 Å². The quantitative estimate of drug-likeness (QED) is 0.123. The number of nitrogens with one attached hydrogen (secondary N) is 2. The van der Waals surface area contributed by atoms with Crippen molar-refractivity contribution in [3.05, 3.63) is 49.1 Å². The lowest BCUT2D eigenvalue weighted by Gasteiger charge is -2.16. The van der Waals surface area contributed by atoms with Gasteiger partial charge in [0.05, 0.1) is 5.92 Å². The van der Waals surface area contributed by atoms with E-state index >= 15 is 0 Å². The highest BCUT2D eigenvalue weighted by atomic mass is 16.6. The molecule has 0 unspecified atom stereocenters. The lowest BCUT2D eigenvalue weighted by Crippen LogP contribution is -2.21. The van der Waals surface area contributed by atoms with Crippen LogP contribution in [-0.4, -0.2) is 36.4 Å². The van der Waals surface area contributed by atoms with Gasteiger partial charge in [-0.25, -0.2) is 0 Å². The highest BCUT2D eigenvalue weighted by molar-refractivity contribution is 5.77. The largest absolute Gasteiger partial charge is 0.454 e. The van der Waals surface area contributed by atoms with Gasteiger partial charge in [-0.05, 0) is 74.4 Å². The molecule has 8 heteroatoms. The Morgan fingerprint density at radius 2 is 1.48 bits per heavy atom. The first-order valence-electron chi connectivity index (χ1n) is 10.8. The molecule has 0 radical (unpaired) electrons. The first-order chi connectivity index (χ1) is 15.8. The number of rotatable bonds is 16. The summed E-state index contributed by atoms with van der Waals surface area (Å²) in [4.78, 5) is 36.6. The monoisotopic (exact) mass is 456 g/mol. The topological polar surface area (TPSA) is 127 Å². The molecular weight excluding hydrogens is 424 g/mol. The average Bonchev–Trinajstić information content (AvgIpc) is 2.79. The van der Waals surface area contributed by atoms with Crippen molar-refractivity contribution in [2.75, 3.05) is 0 Å². The van der Waals surface area contributed by atoms with Crippen LogP contribution in [0, 0.1) is 16.7 Å². The molecule has 178 valence electrons. The van der Waals surface area contributed by atoms with Gasteiger partial charge < -0.3 is 25.0 Å². The van der Waals surface area contributed by atoms with Gasteiger partial charge in [0.1, 0.15) is 6.10 Å². The van der Waals surface area contributed by atoms with Crippen LogP contribution in [0.4, 0.5) is 0 Å². The number of unbranched alkanes of at least 4 members (excludes halogenated alkanes) is 2. The van der Waals surface area contributed by atoms with Crippen molar-refractivity contribution in [3.8, 4) is 11.5 Å². The number of carbonyl (C=O) groups is 3. The molecule has 0 aliphatic rings. The van der Waals surface area contributed by atoms with Crippen molar-refractivity contribution in [3.63, 3.8) is 0 Å². The Morgan fingerprint density at radius 3 is 2.00 bits per heavy atom. The van der Waals surface area contributed by atoms with Crippen LogP contribution in [0.15, 0.2) is 43.5 Å². The molecule has 33 heavy (non-hydrogen) atoms. The fourth-order valence-corrected chi connectivity index (χ4v) is 2.77. The molecule has 0 fully saturated rings. The summed E-state index contributed by atoms with van der Waals surface area (Å²) in [5.41, 5.74) is 0.694. The number of hydrogen-bond acceptors (Lipinski definition) is 8. The first-order valence-corrected chi connectivity index (χ1v) is 10.8. The maximum absolute atomic E-state index is 12.3. The summed E-state index contributed by atoms with van der Waals surface area (Å²) in [6.07, 6.45) is 7.24. The minimum Gasteiger partial charge on any atom is -0.454 e. The Bertz CT molecular complexity index is 856. The Morgan fingerprint density at radius 1 is 0.939 bits per heavy atom. The molecule has 1 atom stereocenters. The average molecular weight is 457 g/mol. The summed E-state index contributed by atoms with van der Waals surface area (Å²) in [6.45, 7) is 8.89. The molecule has 0 saturated carbocycles. The van der Waals surface area contributed by atoms with E-state index in [9.17, 15) is 14.4 Å². The van der Waals surface area contributed by atoms with E-state index in [0.29, 0.717) is 37.7 Å². The predicted octanol–water partition coefficient (Wildman–Crippen LogP) is 4.60. The maximum Gasteiger partial charge on any atom is 0.311 e. The number of hydrogen-bond donors (Lipinski definition) is 2. The van der Waals surface area contributed by atoms with Crippen LogP contribution in [0.2, 0.25) is 0 Å². The van der Waals surface area contributed by atoms with E-state index in [4.69, 9.17) is 25.0 Å². The summed E-state index contributed by atoms with van der Waals surface area (Å²) >= 11 is 0. The minimum absolute atomic E-state index is 0.0865. The van der Waals surface area contributed by atoms with Crippen LogP contribution in [0.1, 0.15) is 51.0 Å². The molecule has 0 amide bonds. The molecule has 0 saturated heterocycles. The van der Waals surface area contributed by atoms with Crippen LogP contribution >= 0.6 is 0 Å². The fourth-order valence-electron chi connectivity index (χ4n) is 2.77. The lowest BCUT2D eigenvalue weighted by atomic mass is 10.0. The Hall–Kier alpha value is -3.55. The zero-order chi connectivity index (χ0) is 24.6. The van der Waals surface area contributed by atoms with E-state index in [1.54, 1.807) is 19.1 Å². The van der Waals surface area contributed by atoms with Gasteiger partial charge in [0.25, 0.3) is 0 Å². The van der Waals surface area contributed by atoms with E-state index in [-0.39, 0.29) is 24.3 Å². The number of benzene rings is 1. The van der Waals surface area contributed by atoms with Crippen molar-refractivity contribution in [2.45, 2.75) is 58.0 Å². The van der Waals surface area contributed by atoms with E-state index in [2.05, 4.69) is 13.2 Å². The fraction of sp³-hybridized carbons (Fsp3) is 0.400. The summed E-state index contributed by atoms with van der Waals surface area (Å²) in [5.74, 6) is -1.73. The minimum atomic E-state index is -0.577. The van der Waals surface area contributed by atoms with E-state index in [0.717, 1.165) is 0 Å². The third-order valence-electron chi connectivity index (χ3n) is 4.58. The highest BCUT2D eigenvalue weighted by Crippen LogP contribution is 2.30. The first kappa shape index (κ1) is 27.5. The Balaban J connectivity index is 2.98. The van der Waals surface area contributed by atoms with Crippen molar-refractivity contribution >= 4 is 30.3 Å². The lowest BCUT2D eigenvalue weighted by molar-refractivity contribution is -0.149. The van der Waals surface area contributed by atoms with Gasteiger partial charge in [-0.2, -0.15) is 0 Å². The van der Waals surface area contributed by atoms with Gasteiger partial charge >= 0.3 is 17.9 Å². The molecule has 0 bridgehead atoms. The van der Waals surface area contributed by atoms with Crippen molar-refractivity contribution in [1.82, 2.24) is 0 Å². The van der Waals surface area contributed by atoms with Crippen LogP contribution in [0.25, 0.3) is 0 Å². The molecule has 0 aromatic heterocycles. The molecule has 1 aromatic carbocycles. The molecular formula is C25H32N2O6. The third-order valence-corrected chi connectivity index (χ3v) is 4.58. The SMILES string of the molecule is C=CC(C=C)OC(=O)[C@@H](C)Cc1ccc(OC(=O)CCCC=N)c(OC(=O)CCCC=N)c1. The van der Waals surface area contributed by atoms with Gasteiger partial charge in [0.2, 0.25) is 0 Å². The third kappa shape index (κ3) is 10.5. The highest BCUT2D eigenvalue weighted by Gasteiger charge is 2.20. The molecule has 0 spiro atoms. The van der Waals surface area contributed by atoms with Gasteiger partial charge in [0.15, 0.2) is 11.5 Å². The Labute approximate surface area is 194 Å². The van der Waals surface area contributed by atoms with Crippen LogP contribution < -0.4 is 9.47 Å². The normalized spacial score (nSPS) is 11.2. The molecule has 1 aromatic rings. The molecule has 2 N–H and O–H groups in total. The summed E-state index contributed by atoms with van der Waals surface area (Å²) in [5, 5.41) is 14.1. The zero-order valence-corrected chi connectivity index (χ0v) is 19.0. The van der Waals surface area contributed by atoms with E-state index in [1.807, 2.05) is 0 Å². The molecule has 0 aliphatic heterocycles. The van der Waals surface area contributed by atoms with Crippen LogP contribution in [-0.2, 0) is 25.5 Å². The predicted molar refractivity (Wildman–Crippen MR) is 126 cm³/mol. The molecule has 0 heterocycles. The number of carbonyl (C=O) groups excluding carboxylic acids is 3. The van der Waals surface area contributed by atoms with Crippen LogP contribution in [0.3, 0.4) is 0 Å². The second-order valence-corrected chi connectivity index (χ2v) is 7.40. The van der Waals surface area contributed by atoms with Crippen LogP contribution in [0.5, 0.6) is 11.5 Å². The second kappa shape index (κ2) is 15.3. The molecule has 8 nitrogen and oxygen atoms in total. The summed E-state index contributed by atoms with van der Waals surface area (Å²) in [6, 6.07) is 4.78. The van der Waals surface area contributed by atoms with E-state index < -0.39 is 29.9 Å². The van der Waals surface area contributed by atoms with Crippen molar-refractivity contribution in [1.29, 1.82) is 10.8 Å². The van der Waals surface area contributed by atoms with Gasteiger partial charge in [0, 0.05) is 12.8 Å². The number of esters is 3. The van der Waals surface area contributed by atoms with E-state index in [1.165, 1.54) is 30.6 Å². The summed E-state index contributed by atoms with van der Waals surface area (Å²) in [7, 11) is 0. The number of ether oxygens (including phenoxy) is 3. The smallest absolute Gasteiger partial charge is 0.311 e. The zero-order valence-electron chi connectivity index (χ0n) is 19.0. The molecule has 0 aliphatic carbocycles. The summed E-state index contributed by atoms with van der Waals surface area (Å²) < 4.78 is 16.1. The van der Waals surface area contributed by atoms with Gasteiger partial charge in [-0.1, -0.05) is 26.1 Å². The second-order valence-electron chi connectivity index (χ2n) is 7.40. The Kier molecular flexibility index (Phi) is 12.7.